The maximum absolute atomic E-state index is 13.0. The number of aromatic nitrogens is 1. The van der Waals surface area contributed by atoms with E-state index in [-0.39, 0.29) is 24.3 Å². The van der Waals surface area contributed by atoms with E-state index < -0.39 is 22.5 Å². The first kappa shape index (κ1) is 29.3. The molecule has 218 valence electrons. The lowest BCUT2D eigenvalue weighted by atomic mass is 10.00. The number of hydrogen-bond acceptors (Lipinski definition) is 8. The lowest BCUT2D eigenvalue weighted by molar-refractivity contribution is -0.137. The number of sulfonamides is 1. The summed E-state index contributed by atoms with van der Waals surface area (Å²) in [5, 5.41) is 2.76. The third-order valence-electron chi connectivity index (χ3n) is 6.73. The lowest BCUT2D eigenvalue weighted by Crippen LogP contribution is -2.41. The molecule has 1 fully saturated rings. The molecular formula is C31H31N3O6S2. The van der Waals surface area contributed by atoms with E-state index in [1.165, 1.54) is 11.3 Å². The van der Waals surface area contributed by atoms with Crippen molar-refractivity contribution < 1.29 is 27.5 Å². The van der Waals surface area contributed by atoms with Gasteiger partial charge in [-0.25, -0.2) is 18.1 Å². The van der Waals surface area contributed by atoms with Gasteiger partial charge in [0.1, 0.15) is 16.5 Å². The number of ether oxygens (including phenoxy) is 2. The maximum Gasteiger partial charge on any atom is 0.271 e. The van der Waals surface area contributed by atoms with Crippen LogP contribution in [0, 0.1) is 0 Å². The second-order valence-electron chi connectivity index (χ2n) is 9.86. The van der Waals surface area contributed by atoms with Gasteiger partial charge in [-0.15, -0.1) is 11.3 Å². The Morgan fingerprint density at radius 1 is 0.881 bits per heavy atom. The van der Waals surface area contributed by atoms with Gasteiger partial charge in [0.05, 0.1) is 17.5 Å². The smallest absolute Gasteiger partial charge is 0.271 e. The number of nitrogens with zero attached hydrogens (tertiary/aromatic N) is 2. The minimum absolute atomic E-state index is 0.0254. The standard InChI is InChI=1S/C31H31N3O6S2/c35-29(19-39-25-9-3-1-4-10-25)33-42(37,38)22-23-14-16-24(17-15-23)31-32-27(21-41-31)28-13-7-8-18-34(28)30(36)20-40-26-11-5-2-6-12-26/h1-6,9-12,14-17,21,28H,7-8,13,18-20,22H2,(H,33,35)/t28-/m1/s1. The van der Waals surface area contributed by atoms with E-state index in [1.807, 2.05) is 63.5 Å². The number of hydrogen-bond donors (Lipinski definition) is 1. The summed E-state index contributed by atoms with van der Waals surface area (Å²) in [6.45, 7) is 0.230. The quantitative estimate of drug-likeness (QED) is 0.257. The Morgan fingerprint density at radius 3 is 2.19 bits per heavy atom. The van der Waals surface area contributed by atoms with Crippen molar-refractivity contribution in [2.45, 2.75) is 31.1 Å². The fourth-order valence-corrected chi connectivity index (χ4v) is 6.70. The van der Waals surface area contributed by atoms with Gasteiger partial charge in [-0.2, -0.15) is 0 Å². The predicted molar refractivity (Wildman–Crippen MR) is 160 cm³/mol. The highest BCUT2D eigenvalue weighted by molar-refractivity contribution is 7.89. The molecule has 0 unspecified atom stereocenters. The Balaban J connectivity index is 1.17. The normalized spacial score (nSPS) is 15.1. The zero-order valence-electron chi connectivity index (χ0n) is 22.8. The molecule has 2 amide bonds. The number of benzene rings is 3. The van der Waals surface area contributed by atoms with Crippen LogP contribution in [0.3, 0.4) is 0 Å². The number of amides is 2. The predicted octanol–water partition coefficient (Wildman–Crippen LogP) is 4.97. The molecule has 9 nitrogen and oxygen atoms in total. The number of rotatable bonds is 11. The van der Waals surface area contributed by atoms with E-state index in [1.54, 1.807) is 36.4 Å². The van der Waals surface area contributed by atoms with Crippen molar-refractivity contribution in [2.24, 2.45) is 0 Å². The summed E-state index contributed by atoms with van der Waals surface area (Å²) in [6, 6.07) is 24.9. The molecule has 1 N–H and O–H groups in total. The van der Waals surface area contributed by atoms with Gasteiger partial charge in [0, 0.05) is 17.5 Å². The van der Waals surface area contributed by atoms with E-state index >= 15 is 0 Å². The van der Waals surface area contributed by atoms with Crippen molar-refractivity contribution in [3.63, 3.8) is 0 Å². The Hall–Kier alpha value is -4.22. The molecule has 42 heavy (non-hydrogen) atoms. The average molecular weight is 606 g/mol. The maximum atomic E-state index is 13.0. The first-order chi connectivity index (χ1) is 20.4. The number of para-hydroxylation sites is 2. The topological polar surface area (TPSA) is 115 Å². The van der Waals surface area contributed by atoms with Crippen LogP contribution >= 0.6 is 11.3 Å². The molecule has 0 radical (unpaired) electrons. The summed E-state index contributed by atoms with van der Waals surface area (Å²) in [7, 11) is -3.90. The molecule has 0 spiro atoms. The highest BCUT2D eigenvalue weighted by Crippen LogP contribution is 2.34. The minimum atomic E-state index is -3.90. The molecule has 1 atom stereocenters. The zero-order valence-corrected chi connectivity index (χ0v) is 24.5. The van der Waals surface area contributed by atoms with Crippen LogP contribution in [0.2, 0.25) is 0 Å². The lowest BCUT2D eigenvalue weighted by Gasteiger charge is -2.34. The van der Waals surface area contributed by atoms with Gasteiger partial charge in [0.2, 0.25) is 10.0 Å². The summed E-state index contributed by atoms with van der Waals surface area (Å²) in [4.78, 5) is 31.9. The van der Waals surface area contributed by atoms with Crippen LogP contribution in [-0.2, 0) is 25.4 Å². The number of carbonyl (C=O) groups is 2. The number of carbonyl (C=O) groups excluding carboxylic acids is 2. The molecule has 4 aromatic rings. The molecule has 1 aliphatic rings. The molecular weight excluding hydrogens is 574 g/mol. The van der Waals surface area contributed by atoms with E-state index in [4.69, 9.17) is 14.5 Å². The Labute approximate surface area is 249 Å². The van der Waals surface area contributed by atoms with Crippen LogP contribution < -0.4 is 14.2 Å². The summed E-state index contributed by atoms with van der Waals surface area (Å²) >= 11 is 1.48. The van der Waals surface area contributed by atoms with Crippen molar-refractivity contribution in [1.82, 2.24) is 14.6 Å². The third kappa shape index (κ3) is 7.95. The molecule has 0 aliphatic carbocycles. The zero-order chi connectivity index (χ0) is 29.4. The molecule has 1 aromatic heterocycles. The van der Waals surface area contributed by atoms with Crippen molar-refractivity contribution >= 4 is 33.2 Å². The van der Waals surface area contributed by atoms with Crippen LogP contribution in [0.25, 0.3) is 10.6 Å². The molecule has 1 aliphatic heterocycles. The molecule has 2 heterocycles. The van der Waals surface area contributed by atoms with Crippen molar-refractivity contribution in [1.29, 1.82) is 0 Å². The van der Waals surface area contributed by atoms with Gasteiger partial charge in [-0.3, -0.25) is 9.59 Å². The highest BCUT2D eigenvalue weighted by atomic mass is 32.2. The Kier molecular flexibility index (Phi) is 9.50. The van der Waals surface area contributed by atoms with Crippen molar-refractivity contribution in [3.8, 4) is 22.1 Å². The first-order valence-electron chi connectivity index (χ1n) is 13.6. The van der Waals surface area contributed by atoms with Gasteiger partial charge in [-0.1, -0.05) is 60.7 Å². The summed E-state index contributed by atoms with van der Waals surface area (Å²) in [6.07, 6.45) is 2.79. The SMILES string of the molecule is O=C(COc1ccccc1)NS(=O)(=O)Cc1ccc(-c2nc([C@H]3CCCCN3C(=O)COc3ccccc3)cs2)cc1. The fraction of sp³-hybridized carbons (Fsp3) is 0.258. The minimum Gasteiger partial charge on any atom is -0.484 e. The third-order valence-corrected chi connectivity index (χ3v) is 8.89. The second kappa shape index (κ2) is 13.6. The molecule has 3 aromatic carbocycles. The monoisotopic (exact) mass is 605 g/mol. The number of likely N-dealkylation sites (tertiary alicyclic amines) is 1. The van der Waals surface area contributed by atoms with E-state index in [9.17, 15) is 18.0 Å². The first-order valence-corrected chi connectivity index (χ1v) is 16.1. The van der Waals surface area contributed by atoms with E-state index in [0.717, 1.165) is 35.5 Å². The largest absolute Gasteiger partial charge is 0.484 e. The molecule has 0 saturated carbocycles. The molecule has 5 rings (SSSR count). The molecule has 1 saturated heterocycles. The highest BCUT2D eigenvalue weighted by Gasteiger charge is 2.30. The van der Waals surface area contributed by atoms with E-state index in [0.29, 0.717) is 23.6 Å². The number of piperidine rings is 1. The fourth-order valence-electron chi connectivity index (χ4n) is 4.72. The van der Waals surface area contributed by atoms with Gasteiger partial charge in [0.15, 0.2) is 13.2 Å². The van der Waals surface area contributed by atoms with Crippen molar-refractivity contribution in [3.05, 3.63) is 102 Å². The van der Waals surface area contributed by atoms with Gasteiger partial charge >= 0.3 is 0 Å². The van der Waals surface area contributed by atoms with Crippen LogP contribution in [0.4, 0.5) is 0 Å². The summed E-state index contributed by atoms with van der Waals surface area (Å²) in [5.41, 5.74) is 2.21. The van der Waals surface area contributed by atoms with Crippen LogP contribution in [-0.4, -0.2) is 49.9 Å². The average Bonchev–Trinajstić information content (AvgIpc) is 3.50. The summed E-state index contributed by atoms with van der Waals surface area (Å²) in [5.74, 6) is -0.0237. The van der Waals surface area contributed by atoms with Gasteiger partial charge < -0.3 is 14.4 Å². The van der Waals surface area contributed by atoms with E-state index in [2.05, 4.69) is 0 Å². The van der Waals surface area contributed by atoms with Crippen molar-refractivity contribution in [2.75, 3.05) is 19.8 Å². The summed E-state index contributed by atoms with van der Waals surface area (Å²) < 4.78 is 38.1. The van der Waals surface area contributed by atoms with Crippen LogP contribution in [0.1, 0.15) is 36.6 Å². The van der Waals surface area contributed by atoms with Crippen LogP contribution in [0.5, 0.6) is 11.5 Å². The second-order valence-corrected chi connectivity index (χ2v) is 12.4. The molecule has 11 heteroatoms. The van der Waals surface area contributed by atoms with Gasteiger partial charge in [-0.05, 0) is 49.1 Å². The Bertz CT molecular complexity index is 1590. The Morgan fingerprint density at radius 2 is 1.52 bits per heavy atom. The number of nitrogens with one attached hydrogen (secondary N) is 1. The molecule has 0 bridgehead atoms. The van der Waals surface area contributed by atoms with Crippen LogP contribution in [0.15, 0.2) is 90.3 Å². The van der Waals surface area contributed by atoms with Gasteiger partial charge in [0.25, 0.3) is 11.8 Å². The number of thiazole rings is 1.